The van der Waals surface area contributed by atoms with E-state index in [0.717, 1.165) is 30.6 Å². The molecule has 0 spiro atoms. The van der Waals surface area contributed by atoms with Gasteiger partial charge >= 0.3 is 5.97 Å². The van der Waals surface area contributed by atoms with Gasteiger partial charge in [-0.25, -0.2) is 0 Å². The molecule has 1 heterocycles. The summed E-state index contributed by atoms with van der Waals surface area (Å²) in [7, 11) is 1.82. The number of esters is 1. The van der Waals surface area contributed by atoms with E-state index in [1.54, 1.807) is 0 Å². The van der Waals surface area contributed by atoms with Gasteiger partial charge in [0, 0.05) is 25.3 Å². The molecule has 2 unspecified atom stereocenters. The minimum Gasteiger partial charge on any atom is -0.466 e. The van der Waals surface area contributed by atoms with Crippen molar-refractivity contribution < 1.29 is 14.6 Å². The number of hydrogen-bond acceptors (Lipinski definition) is 5. The Hall–Kier alpha value is -1.59. The van der Waals surface area contributed by atoms with Crippen molar-refractivity contribution in [3.8, 4) is 0 Å². The number of likely N-dealkylation sites (N-methyl/N-ethyl adjacent to an activating group) is 1. The van der Waals surface area contributed by atoms with Crippen LogP contribution in [0.15, 0.2) is 24.3 Å². The van der Waals surface area contributed by atoms with E-state index in [9.17, 15) is 9.90 Å². The Morgan fingerprint density at radius 3 is 2.82 bits per heavy atom. The predicted molar refractivity (Wildman–Crippen MR) is 86.9 cm³/mol. The lowest BCUT2D eigenvalue weighted by atomic mass is 9.97. The van der Waals surface area contributed by atoms with Crippen LogP contribution in [0.3, 0.4) is 0 Å². The largest absolute Gasteiger partial charge is 0.466 e. The first kappa shape index (κ1) is 16.8. The fourth-order valence-corrected chi connectivity index (χ4v) is 2.88. The summed E-state index contributed by atoms with van der Waals surface area (Å²) in [5, 5.41) is 12.9. The number of anilines is 1. The minimum atomic E-state index is -0.493. The van der Waals surface area contributed by atoms with Crippen LogP contribution in [0, 0.1) is 5.92 Å². The van der Waals surface area contributed by atoms with Gasteiger partial charge in [0.15, 0.2) is 0 Å². The van der Waals surface area contributed by atoms with E-state index in [-0.39, 0.29) is 11.9 Å². The summed E-state index contributed by atoms with van der Waals surface area (Å²) < 4.78 is 5.14. The third-order valence-electron chi connectivity index (χ3n) is 4.08. The smallest absolute Gasteiger partial charge is 0.310 e. The van der Waals surface area contributed by atoms with Crippen LogP contribution in [0.2, 0.25) is 0 Å². The maximum Gasteiger partial charge on any atom is 0.310 e. The van der Waals surface area contributed by atoms with Crippen molar-refractivity contribution in [1.82, 2.24) is 5.32 Å². The predicted octanol–water partition coefficient (Wildman–Crippen LogP) is 1.72. The highest BCUT2D eigenvalue weighted by atomic mass is 16.5. The molecule has 2 N–H and O–H groups in total. The van der Waals surface area contributed by atoms with Gasteiger partial charge in [-0.1, -0.05) is 12.1 Å². The van der Waals surface area contributed by atoms with Gasteiger partial charge in [-0.05, 0) is 44.5 Å². The molecule has 5 nitrogen and oxygen atoms in total. The number of benzene rings is 1. The summed E-state index contributed by atoms with van der Waals surface area (Å²) >= 11 is 0. The third-order valence-corrected chi connectivity index (χ3v) is 4.08. The molecule has 5 heteroatoms. The van der Waals surface area contributed by atoms with Crippen LogP contribution in [-0.2, 0) is 9.53 Å². The summed E-state index contributed by atoms with van der Waals surface area (Å²) in [5.41, 5.74) is 1.99. The maximum atomic E-state index is 11.9. The Kier molecular flexibility index (Phi) is 6.21. The van der Waals surface area contributed by atoms with Crippen LogP contribution in [0.5, 0.6) is 0 Å². The first-order valence-corrected chi connectivity index (χ1v) is 8.00. The first-order valence-electron chi connectivity index (χ1n) is 8.00. The van der Waals surface area contributed by atoms with Gasteiger partial charge in [0.25, 0.3) is 0 Å². The molecule has 0 bridgehead atoms. The molecule has 0 aromatic heterocycles. The van der Waals surface area contributed by atoms with E-state index in [0.29, 0.717) is 19.7 Å². The van der Waals surface area contributed by atoms with Crippen molar-refractivity contribution >= 4 is 11.7 Å². The number of carbonyl (C=O) groups excluding carboxylic acids is 1. The average Bonchev–Trinajstić information content (AvgIpc) is 2.55. The second kappa shape index (κ2) is 8.15. The number of rotatable bonds is 6. The molecule has 1 aliphatic heterocycles. The zero-order valence-corrected chi connectivity index (χ0v) is 13.4. The standard InChI is InChI=1S/C17H26N2O3/c1-3-22-17(21)14-5-4-10-19(12-14)15-8-6-13(7-9-15)16(20)11-18-2/h6-9,14,16,18,20H,3-5,10-12H2,1-2H3. The van der Waals surface area contributed by atoms with E-state index in [1.807, 2.05) is 38.2 Å². The number of aliphatic hydroxyl groups is 1. The topological polar surface area (TPSA) is 61.8 Å². The number of carbonyl (C=O) groups is 1. The number of hydrogen-bond donors (Lipinski definition) is 2. The molecule has 22 heavy (non-hydrogen) atoms. The van der Waals surface area contributed by atoms with Crippen molar-refractivity contribution in [1.29, 1.82) is 0 Å². The lowest BCUT2D eigenvalue weighted by Gasteiger charge is -2.33. The van der Waals surface area contributed by atoms with E-state index < -0.39 is 6.10 Å². The second-order valence-electron chi connectivity index (χ2n) is 5.70. The summed E-state index contributed by atoms with van der Waals surface area (Å²) in [6.07, 6.45) is 1.40. The highest BCUT2D eigenvalue weighted by Crippen LogP contribution is 2.25. The summed E-state index contributed by atoms with van der Waals surface area (Å²) in [5.74, 6) is -0.128. The van der Waals surface area contributed by atoms with Crippen LogP contribution in [0.4, 0.5) is 5.69 Å². The van der Waals surface area contributed by atoms with Gasteiger partial charge < -0.3 is 20.1 Å². The number of nitrogens with zero attached hydrogens (tertiary/aromatic N) is 1. The highest BCUT2D eigenvalue weighted by molar-refractivity contribution is 5.73. The Balaban J connectivity index is 2.00. The molecule has 1 aromatic rings. The van der Waals surface area contributed by atoms with E-state index in [2.05, 4.69) is 10.2 Å². The molecule has 1 saturated heterocycles. The molecular weight excluding hydrogens is 280 g/mol. The Morgan fingerprint density at radius 2 is 2.18 bits per heavy atom. The quantitative estimate of drug-likeness (QED) is 0.784. The molecule has 1 fully saturated rings. The normalized spacial score (nSPS) is 19.8. The van der Waals surface area contributed by atoms with Crippen LogP contribution in [0.25, 0.3) is 0 Å². The van der Waals surface area contributed by atoms with Crippen LogP contribution in [0.1, 0.15) is 31.4 Å². The van der Waals surface area contributed by atoms with Crippen LogP contribution < -0.4 is 10.2 Å². The molecule has 0 saturated carbocycles. The van der Waals surface area contributed by atoms with Crippen LogP contribution >= 0.6 is 0 Å². The van der Waals surface area contributed by atoms with Crippen LogP contribution in [-0.4, -0.2) is 44.4 Å². The molecule has 1 aromatic carbocycles. The Bertz CT molecular complexity index is 475. The molecule has 2 atom stereocenters. The monoisotopic (exact) mass is 306 g/mol. The SMILES string of the molecule is CCOC(=O)C1CCCN(c2ccc(C(O)CNC)cc2)C1. The lowest BCUT2D eigenvalue weighted by Crippen LogP contribution is -2.39. The highest BCUT2D eigenvalue weighted by Gasteiger charge is 2.27. The molecule has 122 valence electrons. The zero-order valence-electron chi connectivity index (χ0n) is 13.4. The van der Waals surface area contributed by atoms with Gasteiger partial charge in [-0.3, -0.25) is 4.79 Å². The van der Waals surface area contributed by atoms with Crippen molar-refractivity contribution in [2.75, 3.05) is 38.2 Å². The average molecular weight is 306 g/mol. The zero-order chi connectivity index (χ0) is 15.9. The number of nitrogens with one attached hydrogen (secondary N) is 1. The van der Waals surface area contributed by atoms with Gasteiger partial charge in [0.2, 0.25) is 0 Å². The molecule has 0 radical (unpaired) electrons. The van der Waals surface area contributed by atoms with Crippen molar-refractivity contribution in [2.45, 2.75) is 25.9 Å². The van der Waals surface area contributed by atoms with Crippen molar-refractivity contribution in [3.05, 3.63) is 29.8 Å². The summed E-state index contributed by atoms with van der Waals surface area (Å²) in [6, 6.07) is 7.93. The molecule has 1 aliphatic rings. The van der Waals surface area contributed by atoms with Gasteiger partial charge in [-0.2, -0.15) is 0 Å². The summed E-state index contributed by atoms with van der Waals surface area (Å²) in [4.78, 5) is 14.1. The van der Waals surface area contributed by atoms with Gasteiger partial charge in [-0.15, -0.1) is 0 Å². The van der Waals surface area contributed by atoms with Gasteiger partial charge in [0.05, 0.1) is 18.6 Å². The molecule has 0 amide bonds. The van der Waals surface area contributed by atoms with E-state index in [1.165, 1.54) is 0 Å². The Morgan fingerprint density at radius 1 is 1.45 bits per heavy atom. The first-order chi connectivity index (χ1) is 10.7. The summed E-state index contributed by atoms with van der Waals surface area (Å²) in [6.45, 7) is 4.47. The maximum absolute atomic E-state index is 11.9. The lowest BCUT2D eigenvalue weighted by molar-refractivity contribution is -0.148. The van der Waals surface area contributed by atoms with E-state index >= 15 is 0 Å². The Labute approximate surface area is 132 Å². The number of ether oxygens (including phenoxy) is 1. The van der Waals surface area contributed by atoms with Crippen molar-refractivity contribution in [2.24, 2.45) is 5.92 Å². The van der Waals surface area contributed by atoms with Gasteiger partial charge in [0.1, 0.15) is 0 Å². The fraction of sp³-hybridized carbons (Fsp3) is 0.588. The molecular formula is C17H26N2O3. The fourth-order valence-electron chi connectivity index (χ4n) is 2.88. The van der Waals surface area contributed by atoms with Crippen molar-refractivity contribution in [3.63, 3.8) is 0 Å². The third kappa shape index (κ3) is 4.21. The van der Waals surface area contributed by atoms with E-state index in [4.69, 9.17) is 4.74 Å². The molecule has 0 aliphatic carbocycles. The second-order valence-corrected chi connectivity index (χ2v) is 5.70. The molecule has 2 rings (SSSR count). The number of piperidine rings is 1. The minimum absolute atomic E-state index is 0.0386. The number of aliphatic hydroxyl groups excluding tert-OH is 1.